The Labute approximate surface area is 149 Å². The first-order valence-electron chi connectivity index (χ1n) is 9.22. The van der Waals surface area contributed by atoms with Crippen molar-refractivity contribution in [2.45, 2.75) is 44.8 Å². The Morgan fingerprint density at radius 3 is 2.40 bits per heavy atom. The molecule has 0 aliphatic carbocycles. The van der Waals surface area contributed by atoms with Gasteiger partial charge in [-0.1, -0.05) is 74.7 Å². The highest BCUT2D eigenvalue weighted by Crippen LogP contribution is 2.42. The Balaban J connectivity index is 1.63. The number of aromatic nitrogens is 2. The van der Waals surface area contributed by atoms with E-state index in [1.165, 1.54) is 19.3 Å². The van der Waals surface area contributed by atoms with E-state index in [2.05, 4.69) is 66.2 Å². The summed E-state index contributed by atoms with van der Waals surface area (Å²) in [5.41, 5.74) is 3.30. The number of benzene rings is 2. The largest absolute Gasteiger partial charge is 0.363 e. The van der Waals surface area contributed by atoms with Crippen LogP contribution < -0.4 is 0 Å². The molecule has 2 unspecified atom stereocenters. The lowest BCUT2D eigenvalue weighted by Crippen LogP contribution is -1.95. The third-order valence-electron chi connectivity index (χ3n) is 4.76. The van der Waals surface area contributed by atoms with Crippen molar-refractivity contribution in [2.75, 3.05) is 0 Å². The maximum absolute atomic E-state index is 5.91. The van der Waals surface area contributed by atoms with Crippen LogP contribution in [0, 0.1) is 0 Å². The number of hydrogen-bond donors (Lipinski definition) is 0. The molecule has 1 aliphatic heterocycles. The summed E-state index contributed by atoms with van der Waals surface area (Å²) in [7, 11) is 0. The Morgan fingerprint density at radius 2 is 1.68 bits per heavy atom. The van der Waals surface area contributed by atoms with Crippen LogP contribution >= 0.6 is 0 Å². The molecular weight excluding hydrogens is 308 g/mol. The highest BCUT2D eigenvalue weighted by atomic mass is 16.6. The van der Waals surface area contributed by atoms with Crippen LogP contribution in [0.3, 0.4) is 0 Å². The highest BCUT2D eigenvalue weighted by molar-refractivity contribution is 5.59. The van der Waals surface area contributed by atoms with Crippen molar-refractivity contribution < 1.29 is 4.74 Å². The molecule has 0 N–H and O–H groups in total. The quantitative estimate of drug-likeness (QED) is 0.419. The van der Waals surface area contributed by atoms with Crippen molar-refractivity contribution in [3.05, 3.63) is 72.6 Å². The highest BCUT2D eigenvalue weighted by Gasteiger charge is 2.41. The van der Waals surface area contributed by atoms with Gasteiger partial charge in [-0.25, -0.2) is 4.98 Å². The van der Waals surface area contributed by atoms with Crippen LogP contribution in [0.25, 0.3) is 17.1 Å². The van der Waals surface area contributed by atoms with Gasteiger partial charge in [0.15, 0.2) is 0 Å². The summed E-state index contributed by atoms with van der Waals surface area (Å²) in [5.74, 6) is 0.976. The molecule has 25 heavy (non-hydrogen) atoms. The molecule has 1 saturated heterocycles. The Hall–Kier alpha value is -2.39. The average Bonchev–Trinajstić information content (AvgIpc) is 3.30. The van der Waals surface area contributed by atoms with E-state index in [0.29, 0.717) is 6.10 Å². The Bertz CT molecular complexity index is 754. The smallest absolute Gasteiger partial charge is 0.144 e. The van der Waals surface area contributed by atoms with Crippen molar-refractivity contribution >= 4 is 0 Å². The van der Waals surface area contributed by atoms with Gasteiger partial charge >= 0.3 is 0 Å². The minimum absolute atomic E-state index is 0.157. The zero-order valence-electron chi connectivity index (χ0n) is 14.6. The van der Waals surface area contributed by atoms with E-state index in [9.17, 15) is 0 Å². The number of ether oxygens (including phenoxy) is 1. The maximum Gasteiger partial charge on any atom is 0.144 e. The van der Waals surface area contributed by atoms with Gasteiger partial charge < -0.3 is 4.74 Å². The second-order valence-electron chi connectivity index (χ2n) is 6.65. The number of epoxide rings is 1. The predicted octanol–water partition coefficient (Wildman–Crippen LogP) is 5.56. The van der Waals surface area contributed by atoms with Crippen molar-refractivity contribution in [2.24, 2.45) is 0 Å². The Morgan fingerprint density at radius 1 is 0.960 bits per heavy atom. The molecule has 1 fully saturated rings. The van der Waals surface area contributed by atoms with Gasteiger partial charge in [0.05, 0.1) is 11.8 Å². The minimum atomic E-state index is 0.157. The molecule has 3 aromatic rings. The molecule has 0 amide bonds. The van der Waals surface area contributed by atoms with Gasteiger partial charge in [0, 0.05) is 17.4 Å². The molecule has 128 valence electrons. The molecule has 3 heteroatoms. The van der Waals surface area contributed by atoms with E-state index in [4.69, 9.17) is 9.72 Å². The summed E-state index contributed by atoms with van der Waals surface area (Å²) in [4.78, 5) is 4.94. The lowest BCUT2D eigenvalue weighted by atomic mass is 10.1. The summed E-state index contributed by atoms with van der Waals surface area (Å²) < 4.78 is 8.09. The number of rotatable bonds is 7. The monoisotopic (exact) mass is 332 g/mol. The first kappa shape index (κ1) is 16.1. The fourth-order valence-electron chi connectivity index (χ4n) is 3.33. The predicted molar refractivity (Wildman–Crippen MR) is 101 cm³/mol. The molecule has 2 heterocycles. The molecule has 0 spiro atoms. The minimum Gasteiger partial charge on any atom is -0.363 e. The molecular formula is C22H24N2O. The van der Waals surface area contributed by atoms with Gasteiger partial charge in [0.1, 0.15) is 11.9 Å². The van der Waals surface area contributed by atoms with E-state index >= 15 is 0 Å². The summed E-state index contributed by atoms with van der Waals surface area (Å²) >= 11 is 0. The SMILES string of the molecule is CCCCCC1OC1c1cn(-c2ccccc2)c(-c2ccccc2)n1. The summed E-state index contributed by atoms with van der Waals surface area (Å²) in [6, 6.07) is 20.8. The number of nitrogens with zero attached hydrogens (tertiary/aromatic N) is 2. The van der Waals surface area contributed by atoms with Gasteiger partial charge in [0.25, 0.3) is 0 Å². The second kappa shape index (κ2) is 7.24. The molecule has 0 bridgehead atoms. The lowest BCUT2D eigenvalue weighted by molar-refractivity contribution is 0.359. The Kier molecular flexibility index (Phi) is 4.66. The molecule has 0 saturated carbocycles. The topological polar surface area (TPSA) is 30.4 Å². The average molecular weight is 332 g/mol. The first-order valence-corrected chi connectivity index (χ1v) is 9.22. The lowest BCUT2D eigenvalue weighted by Gasteiger charge is -2.07. The molecule has 1 aromatic heterocycles. The van der Waals surface area contributed by atoms with Crippen molar-refractivity contribution in [1.82, 2.24) is 9.55 Å². The summed E-state index contributed by atoms with van der Waals surface area (Å²) in [5, 5.41) is 0. The van der Waals surface area contributed by atoms with Gasteiger partial charge in [-0.05, 0) is 18.6 Å². The van der Waals surface area contributed by atoms with E-state index in [-0.39, 0.29) is 6.10 Å². The van der Waals surface area contributed by atoms with Gasteiger partial charge in [-0.2, -0.15) is 0 Å². The van der Waals surface area contributed by atoms with Gasteiger partial charge in [0.2, 0.25) is 0 Å². The molecule has 1 aliphatic rings. The summed E-state index contributed by atoms with van der Waals surface area (Å²) in [6.07, 6.45) is 7.54. The standard InChI is InChI=1S/C22H24N2O/c1-2-3-6-15-20-21(25-20)19-16-24(18-13-9-5-10-14-18)22(23-19)17-11-7-4-8-12-17/h4-5,7-14,16,20-21H,2-3,6,15H2,1H3. The fraction of sp³-hybridized carbons (Fsp3) is 0.318. The third kappa shape index (κ3) is 3.52. The maximum atomic E-state index is 5.91. The zero-order chi connectivity index (χ0) is 17.1. The second-order valence-corrected chi connectivity index (χ2v) is 6.65. The normalized spacial score (nSPS) is 19.1. The van der Waals surface area contributed by atoms with E-state index < -0.39 is 0 Å². The van der Waals surface area contributed by atoms with Crippen LogP contribution in [-0.2, 0) is 4.74 Å². The van der Waals surface area contributed by atoms with E-state index in [1.54, 1.807) is 0 Å². The molecule has 2 aromatic carbocycles. The van der Waals surface area contributed by atoms with Crippen LogP contribution in [0.2, 0.25) is 0 Å². The fourth-order valence-corrected chi connectivity index (χ4v) is 3.33. The number of hydrogen-bond acceptors (Lipinski definition) is 2. The molecule has 3 nitrogen and oxygen atoms in total. The van der Waals surface area contributed by atoms with E-state index in [1.807, 2.05) is 12.1 Å². The van der Waals surface area contributed by atoms with Crippen LogP contribution in [0.1, 0.15) is 44.4 Å². The third-order valence-corrected chi connectivity index (χ3v) is 4.76. The van der Waals surface area contributed by atoms with Crippen molar-refractivity contribution in [1.29, 1.82) is 0 Å². The van der Waals surface area contributed by atoms with Gasteiger partial charge in [-0.15, -0.1) is 0 Å². The number of imidazole rings is 1. The zero-order valence-corrected chi connectivity index (χ0v) is 14.6. The molecule has 4 rings (SSSR count). The number of para-hydroxylation sites is 1. The van der Waals surface area contributed by atoms with Crippen LogP contribution in [-0.4, -0.2) is 15.7 Å². The van der Waals surface area contributed by atoms with Crippen LogP contribution in [0.15, 0.2) is 66.9 Å². The molecule has 0 radical (unpaired) electrons. The number of unbranched alkanes of at least 4 members (excludes halogenated alkanes) is 2. The van der Waals surface area contributed by atoms with Gasteiger partial charge in [-0.3, -0.25) is 4.57 Å². The van der Waals surface area contributed by atoms with Crippen LogP contribution in [0.5, 0.6) is 0 Å². The summed E-state index contributed by atoms with van der Waals surface area (Å²) in [6.45, 7) is 2.24. The van der Waals surface area contributed by atoms with Crippen LogP contribution in [0.4, 0.5) is 0 Å². The van der Waals surface area contributed by atoms with E-state index in [0.717, 1.165) is 29.2 Å². The first-order chi connectivity index (χ1) is 12.4. The van der Waals surface area contributed by atoms with Crippen molar-refractivity contribution in [3.8, 4) is 17.1 Å². The molecule has 2 atom stereocenters. The van der Waals surface area contributed by atoms with Crippen molar-refractivity contribution in [3.63, 3.8) is 0 Å².